The topological polar surface area (TPSA) is 110 Å². The number of nitrogens with one attached hydrogen (secondary N) is 1. The Morgan fingerprint density at radius 3 is 2.50 bits per heavy atom. The van der Waals surface area contributed by atoms with E-state index in [-0.39, 0.29) is 21.0 Å². The summed E-state index contributed by atoms with van der Waals surface area (Å²) in [4.78, 5) is 21.7. The quantitative estimate of drug-likeness (QED) is 0.776. The molecule has 20 heavy (non-hydrogen) atoms. The Bertz CT molecular complexity index is 655. The maximum Gasteiger partial charge on any atom is 0.336 e. The summed E-state index contributed by atoms with van der Waals surface area (Å²) in [6.45, 7) is 0.777. The van der Waals surface area contributed by atoms with Gasteiger partial charge < -0.3 is 9.84 Å². The average Bonchev–Trinajstić information content (AvgIpc) is 2.37. The van der Waals surface area contributed by atoms with Crippen molar-refractivity contribution in [1.29, 1.82) is 0 Å². The van der Waals surface area contributed by atoms with Crippen LogP contribution in [0.15, 0.2) is 17.0 Å². The lowest BCUT2D eigenvalue weighted by molar-refractivity contribution is -0.139. The Kier molecular flexibility index (Phi) is 5.09. The second kappa shape index (κ2) is 6.21. The van der Waals surface area contributed by atoms with Crippen molar-refractivity contribution >= 4 is 33.6 Å². The van der Waals surface area contributed by atoms with Crippen LogP contribution in [0.25, 0.3) is 0 Å². The predicted octanol–water partition coefficient (Wildman–Crippen LogP) is 0.798. The lowest BCUT2D eigenvalue weighted by atomic mass is 10.1. The fraction of sp³-hybridized carbons (Fsp3) is 0.273. The number of esters is 1. The van der Waals surface area contributed by atoms with Crippen molar-refractivity contribution in [2.45, 2.75) is 11.8 Å². The summed E-state index contributed by atoms with van der Waals surface area (Å²) in [5.41, 5.74) is -0.199. The summed E-state index contributed by atoms with van der Waals surface area (Å²) >= 11 is 5.71. The third kappa shape index (κ3) is 3.69. The largest absolute Gasteiger partial charge is 0.478 e. The van der Waals surface area contributed by atoms with Gasteiger partial charge in [-0.25, -0.2) is 13.2 Å². The SMILES string of the molecule is COC(=O)CNS(=O)(=O)c1cc(Cl)cc(C(=O)O)c1C. The van der Waals surface area contributed by atoms with E-state index in [1.54, 1.807) is 0 Å². The van der Waals surface area contributed by atoms with Crippen LogP contribution in [0.3, 0.4) is 0 Å². The molecule has 0 bridgehead atoms. The molecule has 0 aromatic heterocycles. The summed E-state index contributed by atoms with van der Waals surface area (Å²) < 4.78 is 30.4. The molecule has 0 radical (unpaired) electrons. The number of carbonyl (C=O) groups excluding carboxylic acids is 1. The molecule has 0 heterocycles. The van der Waals surface area contributed by atoms with Crippen molar-refractivity contribution in [3.8, 4) is 0 Å². The van der Waals surface area contributed by atoms with Crippen molar-refractivity contribution in [1.82, 2.24) is 4.72 Å². The van der Waals surface area contributed by atoms with Gasteiger partial charge in [-0.1, -0.05) is 11.6 Å². The van der Waals surface area contributed by atoms with Crippen LogP contribution in [0.4, 0.5) is 0 Å². The van der Waals surface area contributed by atoms with Crippen molar-refractivity contribution in [3.05, 3.63) is 28.3 Å². The van der Waals surface area contributed by atoms with Gasteiger partial charge in [-0.15, -0.1) is 0 Å². The maximum atomic E-state index is 12.0. The molecule has 0 saturated carbocycles. The number of aromatic carboxylic acids is 1. The molecule has 0 unspecified atom stereocenters. The van der Waals surface area contributed by atoms with Crippen molar-refractivity contribution in [3.63, 3.8) is 0 Å². The van der Waals surface area contributed by atoms with E-state index >= 15 is 0 Å². The molecule has 9 heteroatoms. The van der Waals surface area contributed by atoms with Crippen LogP contribution in [0.5, 0.6) is 0 Å². The minimum absolute atomic E-state index is 0.0271. The number of carboxylic acid groups (broad SMARTS) is 1. The molecule has 0 aliphatic rings. The van der Waals surface area contributed by atoms with Crippen molar-refractivity contribution in [2.75, 3.05) is 13.7 Å². The van der Waals surface area contributed by atoms with E-state index in [2.05, 4.69) is 4.74 Å². The number of carbonyl (C=O) groups is 2. The summed E-state index contributed by atoms with van der Waals surface area (Å²) in [6, 6.07) is 2.27. The summed E-state index contributed by atoms with van der Waals surface area (Å²) in [5, 5.41) is 8.95. The van der Waals surface area contributed by atoms with E-state index in [9.17, 15) is 18.0 Å². The Balaban J connectivity index is 3.25. The highest BCUT2D eigenvalue weighted by molar-refractivity contribution is 7.89. The highest BCUT2D eigenvalue weighted by Crippen LogP contribution is 2.24. The minimum Gasteiger partial charge on any atom is -0.478 e. The molecule has 0 spiro atoms. The molecule has 2 N–H and O–H groups in total. The minimum atomic E-state index is -4.07. The Morgan fingerprint density at radius 1 is 1.40 bits per heavy atom. The molecule has 0 atom stereocenters. The Morgan fingerprint density at radius 2 is 2.00 bits per heavy atom. The zero-order chi connectivity index (χ0) is 15.5. The van der Waals surface area contributed by atoms with Gasteiger partial charge in [-0.3, -0.25) is 4.79 Å². The van der Waals surface area contributed by atoms with E-state index in [0.717, 1.165) is 19.2 Å². The number of hydrogen-bond acceptors (Lipinski definition) is 5. The average molecular weight is 322 g/mol. The van der Waals surface area contributed by atoms with Crippen LogP contribution in [-0.2, 0) is 19.6 Å². The zero-order valence-corrected chi connectivity index (χ0v) is 12.2. The highest BCUT2D eigenvalue weighted by atomic mass is 35.5. The van der Waals surface area contributed by atoms with E-state index in [1.165, 1.54) is 6.92 Å². The van der Waals surface area contributed by atoms with Crippen LogP contribution in [-0.4, -0.2) is 39.1 Å². The smallest absolute Gasteiger partial charge is 0.336 e. The fourth-order valence-corrected chi connectivity index (χ4v) is 3.00. The lowest BCUT2D eigenvalue weighted by Crippen LogP contribution is -2.31. The highest BCUT2D eigenvalue weighted by Gasteiger charge is 2.22. The number of sulfonamides is 1. The number of carboxylic acids is 1. The van der Waals surface area contributed by atoms with E-state index in [1.807, 2.05) is 4.72 Å². The van der Waals surface area contributed by atoms with Gasteiger partial charge in [0.05, 0.1) is 17.6 Å². The number of hydrogen-bond donors (Lipinski definition) is 2. The molecule has 0 saturated heterocycles. The van der Waals surface area contributed by atoms with Gasteiger partial charge in [-0.05, 0) is 24.6 Å². The summed E-state index contributed by atoms with van der Waals surface area (Å²) in [5.74, 6) is -2.07. The summed E-state index contributed by atoms with van der Waals surface area (Å²) in [6.07, 6.45) is 0. The second-order valence-electron chi connectivity index (χ2n) is 3.78. The maximum absolute atomic E-state index is 12.0. The fourth-order valence-electron chi connectivity index (χ4n) is 1.46. The van der Waals surface area contributed by atoms with E-state index in [0.29, 0.717) is 0 Å². The first-order chi connectivity index (χ1) is 9.19. The van der Waals surface area contributed by atoms with Gasteiger partial charge in [0.1, 0.15) is 6.54 Å². The monoisotopic (exact) mass is 321 g/mol. The molecule has 7 nitrogen and oxygen atoms in total. The van der Waals surface area contributed by atoms with Gasteiger partial charge in [0.25, 0.3) is 0 Å². The van der Waals surface area contributed by atoms with Crippen LogP contribution >= 0.6 is 11.6 Å². The van der Waals surface area contributed by atoms with Crippen LogP contribution in [0, 0.1) is 6.92 Å². The van der Waals surface area contributed by atoms with Crippen LogP contribution in [0.1, 0.15) is 15.9 Å². The number of benzene rings is 1. The van der Waals surface area contributed by atoms with Crippen molar-refractivity contribution in [2.24, 2.45) is 0 Å². The predicted molar refractivity (Wildman–Crippen MR) is 70.4 cm³/mol. The first kappa shape index (κ1) is 16.4. The molecule has 0 aliphatic heterocycles. The Labute approximate surface area is 120 Å². The van der Waals surface area contributed by atoms with Crippen molar-refractivity contribution < 1.29 is 27.9 Å². The number of ether oxygens (including phenoxy) is 1. The first-order valence-corrected chi connectivity index (χ1v) is 7.15. The van der Waals surface area contributed by atoms with Crippen LogP contribution in [0.2, 0.25) is 5.02 Å². The van der Waals surface area contributed by atoms with Gasteiger partial charge in [0.15, 0.2) is 0 Å². The van der Waals surface area contributed by atoms with Gasteiger partial charge in [-0.2, -0.15) is 4.72 Å². The molecule has 0 fully saturated rings. The molecule has 1 rings (SSSR count). The van der Waals surface area contributed by atoms with Gasteiger partial charge >= 0.3 is 11.9 Å². The molecule has 0 aliphatic carbocycles. The van der Waals surface area contributed by atoms with Crippen LogP contribution < -0.4 is 4.72 Å². The number of methoxy groups -OCH3 is 1. The second-order valence-corrected chi connectivity index (χ2v) is 5.95. The standard InChI is InChI=1S/C11H12ClNO6S/c1-6-8(11(15)16)3-7(12)4-9(6)20(17,18)13-5-10(14)19-2/h3-4,13H,5H2,1-2H3,(H,15,16). The lowest BCUT2D eigenvalue weighted by Gasteiger charge is -2.11. The van der Waals surface area contributed by atoms with Gasteiger partial charge in [0.2, 0.25) is 10.0 Å². The molecule has 0 amide bonds. The normalized spacial score (nSPS) is 11.2. The molecule has 1 aromatic carbocycles. The van der Waals surface area contributed by atoms with E-state index < -0.39 is 28.5 Å². The molecule has 110 valence electrons. The van der Waals surface area contributed by atoms with E-state index in [4.69, 9.17) is 16.7 Å². The third-order valence-electron chi connectivity index (χ3n) is 2.48. The molecular formula is C11H12ClNO6S. The van der Waals surface area contributed by atoms with Gasteiger partial charge in [0, 0.05) is 5.02 Å². The summed E-state index contributed by atoms with van der Waals surface area (Å²) in [7, 11) is -2.96. The third-order valence-corrected chi connectivity index (χ3v) is 4.22. The number of halogens is 1. The molecule has 1 aromatic rings. The Hall–Kier alpha value is -1.64. The number of rotatable bonds is 5. The first-order valence-electron chi connectivity index (χ1n) is 5.29. The molecular weight excluding hydrogens is 310 g/mol. The zero-order valence-electron chi connectivity index (χ0n) is 10.6.